The van der Waals surface area contributed by atoms with Crippen LogP contribution in [0.1, 0.15) is 11.3 Å². The Bertz CT molecular complexity index is 961. The predicted octanol–water partition coefficient (Wildman–Crippen LogP) is 2.52. The van der Waals surface area contributed by atoms with E-state index in [-0.39, 0.29) is 11.8 Å². The van der Waals surface area contributed by atoms with Crippen LogP contribution in [0, 0.1) is 5.92 Å². The van der Waals surface area contributed by atoms with Crippen LogP contribution in [0.3, 0.4) is 0 Å². The van der Waals surface area contributed by atoms with E-state index in [0.717, 1.165) is 33.5 Å². The SMILES string of the molecule is COc1ccc2c(c1)CC(C(=O)NCCc1csc(-c3cnccn3)n1)CO2. The van der Waals surface area contributed by atoms with Crippen LogP contribution in [0.5, 0.6) is 11.5 Å². The van der Waals surface area contributed by atoms with Gasteiger partial charge in [-0.25, -0.2) is 4.98 Å². The molecule has 7 nitrogen and oxygen atoms in total. The van der Waals surface area contributed by atoms with Crippen LogP contribution in [0.4, 0.5) is 0 Å². The molecule has 8 heteroatoms. The summed E-state index contributed by atoms with van der Waals surface area (Å²) in [4.78, 5) is 25.4. The summed E-state index contributed by atoms with van der Waals surface area (Å²) in [7, 11) is 1.63. The number of fused-ring (bicyclic) bond motifs is 1. The molecule has 0 spiro atoms. The van der Waals surface area contributed by atoms with E-state index >= 15 is 0 Å². The molecule has 1 atom stereocenters. The molecule has 3 aromatic rings. The van der Waals surface area contributed by atoms with E-state index in [1.807, 2.05) is 23.6 Å². The summed E-state index contributed by atoms with van der Waals surface area (Å²) in [6, 6.07) is 5.68. The molecule has 2 aromatic heterocycles. The second-order valence-electron chi connectivity index (χ2n) is 6.46. The number of thiazole rings is 1. The van der Waals surface area contributed by atoms with Crippen LogP contribution in [0.15, 0.2) is 42.2 Å². The number of amides is 1. The first-order chi connectivity index (χ1) is 13.7. The summed E-state index contributed by atoms with van der Waals surface area (Å²) in [5.41, 5.74) is 2.69. The zero-order valence-electron chi connectivity index (χ0n) is 15.4. The minimum Gasteiger partial charge on any atom is -0.497 e. The summed E-state index contributed by atoms with van der Waals surface area (Å²) in [6.45, 7) is 0.919. The van der Waals surface area contributed by atoms with Gasteiger partial charge in [-0.05, 0) is 30.2 Å². The van der Waals surface area contributed by atoms with Crippen molar-refractivity contribution in [3.63, 3.8) is 0 Å². The van der Waals surface area contributed by atoms with Crippen molar-refractivity contribution in [3.8, 4) is 22.2 Å². The number of rotatable bonds is 6. The summed E-state index contributed by atoms with van der Waals surface area (Å²) in [5.74, 6) is 1.39. The predicted molar refractivity (Wildman–Crippen MR) is 106 cm³/mol. The summed E-state index contributed by atoms with van der Waals surface area (Å²) >= 11 is 1.53. The molecule has 1 aliphatic heterocycles. The summed E-state index contributed by atoms with van der Waals surface area (Å²) < 4.78 is 11.0. The van der Waals surface area contributed by atoms with Crippen LogP contribution in [-0.2, 0) is 17.6 Å². The highest BCUT2D eigenvalue weighted by molar-refractivity contribution is 7.13. The maximum atomic E-state index is 12.5. The topological polar surface area (TPSA) is 86.2 Å². The first-order valence-corrected chi connectivity index (χ1v) is 9.89. The third kappa shape index (κ3) is 4.12. The fraction of sp³-hybridized carbons (Fsp3) is 0.300. The van der Waals surface area contributed by atoms with Gasteiger partial charge in [-0.1, -0.05) is 0 Å². The molecule has 1 N–H and O–H groups in total. The van der Waals surface area contributed by atoms with Crippen LogP contribution in [0.2, 0.25) is 0 Å². The van der Waals surface area contributed by atoms with Crippen molar-refractivity contribution in [2.75, 3.05) is 20.3 Å². The number of methoxy groups -OCH3 is 1. The Labute approximate surface area is 166 Å². The summed E-state index contributed by atoms with van der Waals surface area (Å²) in [6.07, 6.45) is 6.29. The molecule has 0 saturated heterocycles. The molecule has 1 amide bonds. The molecule has 0 bridgehead atoms. The van der Waals surface area contributed by atoms with E-state index in [1.54, 1.807) is 25.7 Å². The monoisotopic (exact) mass is 396 g/mol. The second kappa shape index (κ2) is 8.35. The first-order valence-electron chi connectivity index (χ1n) is 9.01. The molecule has 1 aromatic carbocycles. The number of nitrogens with zero attached hydrogens (tertiary/aromatic N) is 3. The molecule has 144 valence electrons. The van der Waals surface area contributed by atoms with Crippen LogP contribution in [0.25, 0.3) is 10.7 Å². The molecule has 0 fully saturated rings. The van der Waals surface area contributed by atoms with Crippen molar-refractivity contribution in [3.05, 3.63) is 53.4 Å². The maximum absolute atomic E-state index is 12.5. The van der Waals surface area contributed by atoms with Gasteiger partial charge < -0.3 is 14.8 Å². The van der Waals surface area contributed by atoms with Crippen LogP contribution < -0.4 is 14.8 Å². The molecule has 3 heterocycles. The third-order valence-corrected chi connectivity index (χ3v) is 5.47. The molecule has 4 rings (SSSR count). The molecule has 0 saturated carbocycles. The fourth-order valence-electron chi connectivity index (χ4n) is 3.07. The highest BCUT2D eigenvalue weighted by Gasteiger charge is 2.26. The van der Waals surface area contributed by atoms with E-state index < -0.39 is 0 Å². The molecule has 1 unspecified atom stereocenters. The Hall–Kier alpha value is -3.00. The van der Waals surface area contributed by atoms with Gasteiger partial charge in [-0.15, -0.1) is 11.3 Å². The Morgan fingerprint density at radius 1 is 1.39 bits per heavy atom. The largest absolute Gasteiger partial charge is 0.497 e. The van der Waals surface area contributed by atoms with Crippen molar-refractivity contribution in [2.24, 2.45) is 5.92 Å². The van der Waals surface area contributed by atoms with Crippen molar-refractivity contribution in [1.82, 2.24) is 20.3 Å². The number of ether oxygens (including phenoxy) is 2. The van der Waals surface area contributed by atoms with Gasteiger partial charge in [0.1, 0.15) is 28.8 Å². The smallest absolute Gasteiger partial charge is 0.226 e. The fourth-order valence-corrected chi connectivity index (χ4v) is 3.89. The van der Waals surface area contributed by atoms with Crippen molar-refractivity contribution in [1.29, 1.82) is 0 Å². The quantitative estimate of drug-likeness (QED) is 0.689. The molecule has 1 aliphatic rings. The van der Waals surface area contributed by atoms with Gasteiger partial charge in [0.2, 0.25) is 5.91 Å². The molecule has 28 heavy (non-hydrogen) atoms. The van der Waals surface area contributed by atoms with Gasteiger partial charge in [0.05, 0.1) is 24.9 Å². The number of benzene rings is 1. The highest BCUT2D eigenvalue weighted by atomic mass is 32.1. The average Bonchev–Trinajstić information content (AvgIpc) is 3.22. The lowest BCUT2D eigenvalue weighted by Gasteiger charge is -2.25. The maximum Gasteiger partial charge on any atom is 0.226 e. The van der Waals surface area contributed by atoms with Crippen molar-refractivity contribution >= 4 is 17.2 Å². The first kappa shape index (κ1) is 18.4. The lowest BCUT2D eigenvalue weighted by atomic mass is 9.96. The molecule has 0 aliphatic carbocycles. The second-order valence-corrected chi connectivity index (χ2v) is 7.32. The minimum absolute atomic E-state index is 0.00199. The molecular formula is C20H20N4O3S. The van der Waals surface area contributed by atoms with Crippen molar-refractivity contribution in [2.45, 2.75) is 12.8 Å². The molecule has 0 radical (unpaired) electrons. The number of aromatic nitrogens is 3. The van der Waals surface area contributed by atoms with Gasteiger partial charge >= 0.3 is 0 Å². The van der Waals surface area contributed by atoms with Gasteiger partial charge in [-0.2, -0.15) is 0 Å². The number of carbonyl (C=O) groups excluding carboxylic acids is 1. The van der Waals surface area contributed by atoms with Crippen LogP contribution >= 0.6 is 11.3 Å². The average molecular weight is 396 g/mol. The van der Waals surface area contributed by atoms with Crippen LogP contribution in [-0.4, -0.2) is 41.1 Å². The van der Waals surface area contributed by atoms with Gasteiger partial charge in [0.25, 0.3) is 0 Å². The Kier molecular flexibility index (Phi) is 5.48. The zero-order chi connectivity index (χ0) is 19.3. The number of carbonyl (C=O) groups is 1. The Morgan fingerprint density at radius 2 is 2.32 bits per heavy atom. The van der Waals surface area contributed by atoms with E-state index in [0.29, 0.717) is 26.0 Å². The standard InChI is InChI=1S/C20H20N4O3S/c1-26-16-2-3-18-13(9-16)8-14(11-27-18)19(25)23-5-4-15-12-28-20(24-15)17-10-21-6-7-22-17/h2-3,6-7,9-10,12,14H,4-5,8,11H2,1H3,(H,23,25). The third-order valence-electron chi connectivity index (χ3n) is 4.56. The normalized spacial score (nSPS) is 15.4. The van der Waals surface area contributed by atoms with Gasteiger partial charge in [0, 0.05) is 30.7 Å². The van der Waals surface area contributed by atoms with E-state index in [1.165, 1.54) is 11.3 Å². The van der Waals surface area contributed by atoms with Gasteiger partial charge in [0.15, 0.2) is 0 Å². The number of hydrogen-bond acceptors (Lipinski definition) is 7. The lowest BCUT2D eigenvalue weighted by Crippen LogP contribution is -2.38. The number of nitrogens with one attached hydrogen (secondary N) is 1. The number of hydrogen-bond donors (Lipinski definition) is 1. The Balaban J connectivity index is 1.30. The van der Waals surface area contributed by atoms with E-state index in [4.69, 9.17) is 9.47 Å². The molecular weight excluding hydrogens is 376 g/mol. The zero-order valence-corrected chi connectivity index (χ0v) is 16.2. The van der Waals surface area contributed by atoms with E-state index in [2.05, 4.69) is 20.3 Å². The Morgan fingerprint density at radius 3 is 3.14 bits per heavy atom. The minimum atomic E-state index is -0.204. The van der Waals surface area contributed by atoms with E-state index in [9.17, 15) is 4.79 Å². The van der Waals surface area contributed by atoms with Crippen molar-refractivity contribution < 1.29 is 14.3 Å². The summed E-state index contributed by atoms with van der Waals surface area (Å²) in [5, 5.41) is 5.82. The van der Waals surface area contributed by atoms with Gasteiger partial charge in [-0.3, -0.25) is 14.8 Å². The highest BCUT2D eigenvalue weighted by Crippen LogP contribution is 2.30. The lowest BCUT2D eigenvalue weighted by molar-refractivity contribution is -0.126.